The maximum Gasteiger partial charge on any atom is 0.227 e. The van der Waals surface area contributed by atoms with Crippen molar-refractivity contribution in [1.82, 2.24) is 15.5 Å². The van der Waals surface area contributed by atoms with Gasteiger partial charge in [0.15, 0.2) is 5.82 Å². The number of hydrogen-bond acceptors (Lipinski definition) is 5. The number of nitrogens with zero attached hydrogens (tertiary/aromatic N) is 2. The fraction of sp³-hybridized carbons (Fsp3) is 0.500. The van der Waals surface area contributed by atoms with Crippen LogP contribution in [0.2, 0.25) is 0 Å². The molecule has 21 heavy (non-hydrogen) atoms. The molecule has 2 aromatic rings. The van der Waals surface area contributed by atoms with Gasteiger partial charge in [0.2, 0.25) is 5.89 Å². The molecule has 0 radical (unpaired) electrons. The minimum atomic E-state index is 0.260. The van der Waals surface area contributed by atoms with E-state index >= 15 is 0 Å². The van der Waals surface area contributed by atoms with Crippen LogP contribution in [0.15, 0.2) is 28.8 Å². The number of benzene rings is 1. The Bertz CT molecular complexity index is 568. The zero-order valence-corrected chi connectivity index (χ0v) is 13.1. The Labute approximate surface area is 125 Å². The van der Waals surface area contributed by atoms with E-state index in [0.717, 1.165) is 23.6 Å². The highest BCUT2D eigenvalue weighted by molar-refractivity contribution is 5.36. The van der Waals surface area contributed by atoms with Crippen LogP contribution in [-0.4, -0.2) is 30.3 Å². The van der Waals surface area contributed by atoms with Crippen LogP contribution in [0.1, 0.15) is 37.0 Å². The molecule has 1 aromatic carbocycles. The molecule has 0 fully saturated rings. The molecule has 5 nitrogen and oxygen atoms in total. The predicted molar refractivity (Wildman–Crippen MR) is 81.6 cm³/mol. The molecule has 5 heteroatoms. The molecule has 1 heterocycles. The van der Waals surface area contributed by atoms with Gasteiger partial charge in [-0.25, -0.2) is 0 Å². The molecule has 114 valence electrons. The number of para-hydroxylation sites is 1. The highest BCUT2D eigenvalue weighted by atomic mass is 16.5. The van der Waals surface area contributed by atoms with E-state index in [1.165, 1.54) is 0 Å². The van der Waals surface area contributed by atoms with Gasteiger partial charge in [0.1, 0.15) is 5.75 Å². The van der Waals surface area contributed by atoms with Gasteiger partial charge < -0.3 is 14.6 Å². The molecule has 0 spiro atoms. The van der Waals surface area contributed by atoms with Gasteiger partial charge in [-0.2, -0.15) is 4.98 Å². The molecule has 0 aliphatic rings. The van der Waals surface area contributed by atoms with Crippen LogP contribution in [0.3, 0.4) is 0 Å². The minimum absolute atomic E-state index is 0.260. The lowest BCUT2D eigenvalue weighted by Crippen LogP contribution is -2.24. The van der Waals surface area contributed by atoms with Crippen LogP contribution in [-0.2, 0) is 12.8 Å². The lowest BCUT2D eigenvalue weighted by Gasteiger charge is -2.13. The van der Waals surface area contributed by atoms with E-state index in [1.54, 1.807) is 7.11 Å². The Morgan fingerprint density at radius 3 is 2.71 bits per heavy atom. The van der Waals surface area contributed by atoms with E-state index in [4.69, 9.17) is 9.26 Å². The molecule has 0 aliphatic carbocycles. The maximum atomic E-state index is 5.40. The summed E-state index contributed by atoms with van der Waals surface area (Å²) in [5, 5.41) is 7.20. The average Bonchev–Trinajstić information content (AvgIpc) is 2.93. The number of methoxy groups -OCH3 is 1. The van der Waals surface area contributed by atoms with E-state index in [1.807, 2.05) is 25.2 Å². The number of rotatable bonds is 7. The second-order valence-electron chi connectivity index (χ2n) is 5.35. The van der Waals surface area contributed by atoms with Crippen molar-refractivity contribution in [3.63, 3.8) is 0 Å². The summed E-state index contributed by atoms with van der Waals surface area (Å²) >= 11 is 0. The molecule has 1 N–H and O–H groups in total. The van der Waals surface area contributed by atoms with Crippen LogP contribution < -0.4 is 10.1 Å². The molecule has 1 aromatic heterocycles. The monoisotopic (exact) mass is 289 g/mol. The largest absolute Gasteiger partial charge is 0.496 e. The van der Waals surface area contributed by atoms with Gasteiger partial charge in [-0.15, -0.1) is 0 Å². The first-order valence-electron chi connectivity index (χ1n) is 7.25. The highest BCUT2D eigenvalue weighted by Gasteiger charge is 2.16. The quantitative estimate of drug-likeness (QED) is 0.849. The van der Waals surface area contributed by atoms with Gasteiger partial charge >= 0.3 is 0 Å². The Kier molecular flexibility index (Phi) is 5.33. The minimum Gasteiger partial charge on any atom is -0.496 e. The number of hydrogen-bond donors (Lipinski definition) is 1. The number of nitrogens with one attached hydrogen (secondary N) is 1. The zero-order valence-electron chi connectivity index (χ0n) is 13.1. The molecular formula is C16H23N3O2. The third-order valence-electron chi connectivity index (χ3n) is 3.64. The molecule has 0 aliphatic heterocycles. The second kappa shape index (κ2) is 7.22. The summed E-state index contributed by atoms with van der Waals surface area (Å²) in [5.74, 6) is 2.58. The van der Waals surface area contributed by atoms with Crippen LogP contribution in [0, 0.1) is 0 Å². The van der Waals surface area contributed by atoms with Crippen molar-refractivity contribution in [1.29, 1.82) is 0 Å². The van der Waals surface area contributed by atoms with Crippen LogP contribution in [0.5, 0.6) is 5.75 Å². The molecule has 0 saturated carbocycles. The average molecular weight is 289 g/mol. The van der Waals surface area contributed by atoms with Crippen LogP contribution >= 0.6 is 0 Å². The van der Waals surface area contributed by atoms with Gasteiger partial charge in [-0.1, -0.05) is 30.3 Å². The Balaban J connectivity index is 2.04. The standard InChI is InChI=1S/C16H23N3O2/c1-11(13-7-5-6-8-14(13)20-4)9-16-18-15(19-21-16)10-12(2)17-3/h5-8,11-12,17H,9-10H2,1-4H3. The number of aromatic nitrogens is 2. The molecule has 0 bridgehead atoms. The summed E-state index contributed by atoms with van der Waals surface area (Å²) in [7, 11) is 3.62. The Morgan fingerprint density at radius 1 is 1.24 bits per heavy atom. The lowest BCUT2D eigenvalue weighted by atomic mass is 9.97. The van der Waals surface area contributed by atoms with E-state index < -0.39 is 0 Å². The first kappa shape index (κ1) is 15.5. The molecule has 0 saturated heterocycles. The van der Waals surface area contributed by atoms with E-state index in [9.17, 15) is 0 Å². The van der Waals surface area contributed by atoms with Gasteiger partial charge in [-0.05, 0) is 31.5 Å². The molecule has 2 atom stereocenters. The van der Waals surface area contributed by atoms with Crippen molar-refractivity contribution < 1.29 is 9.26 Å². The maximum absolute atomic E-state index is 5.40. The smallest absolute Gasteiger partial charge is 0.227 e. The summed E-state index contributed by atoms with van der Waals surface area (Å²) in [4.78, 5) is 4.46. The van der Waals surface area contributed by atoms with Crippen molar-refractivity contribution in [2.75, 3.05) is 14.2 Å². The Morgan fingerprint density at radius 2 is 2.00 bits per heavy atom. The summed E-state index contributed by atoms with van der Waals surface area (Å²) in [6.45, 7) is 4.23. The third-order valence-corrected chi connectivity index (χ3v) is 3.64. The van der Waals surface area contributed by atoms with Gasteiger partial charge in [0.25, 0.3) is 0 Å². The summed E-state index contributed by atoms with van der Waals surface area (Å²) < 4.78 is 10.7. The fourth-order valence-corrected chi connectivity index (χ4v) is 2.28. The van der Waals surface area contributed by atoms with Crippen molar-refractivity contribution in [3.8, 4) is 5.75 Å². The van der Waals surface area contributed by atoms with Crippen molar-refractivity contribution in [2.24, 2.45) is 0 Å². The van der Waals surface area contributed by atoms with Crippen molar-refractivity contribution >= 4 is 0 Å². The van der Waals surface area contributed by atoms with Crippen LogP contribution in [0.25, 0.3) is 0 Å². The second-order valence-corrected chi connectivity index (χ2v) is 5.35. The first-order chi connectivity index (χ1) is 10.1. The topological polar surface area (TPSA) is 60.2 Å². The molecule has 0 amide bonds. The highest BCUT2D eigenvalue weighted by Crippen LogP contribution is 2.28. The van der Waals surface area contributed by atoms with Crippen LogP contribution in [0.4, 0.5) is 0 Å². The normalized spacial score (nSPS) is 13.9. The fourth-order valence-electron chi connectivity index (χ4n) is 2.28. The van der Waals surface area contributed by atoms with Gasteiger partial charge in [0.05, 0.1) is 7.11 Å². The number of likely N-dealkylation sites (N-methyl/N-ethyl adjacent to an activating group) is 1. The molecule has 2 rings (SSSR count). The van der Waals surface area contributed by atoms with E-state index in [0.29, 0.717) is 18.4 Å². The summed E-state index contributed by atoms with van der Waals surface area (Å²) in [5.41, 5.74) is 1.16. The third kappa shape index (κ3) is 4.04. The Hall–Kier alpha value is -1.88. The number of ether oxygens (including phenoxy) is 1. The molecular weight excluding hydrogens is 266 g/mol. The zero-order chi connectivity index (χ0) is 15.2. The SMILES string of the molecule is CNC(C)Cc1noc(CC(C)c2ccccc2OC)n1. The van der Waals surface area contributed by atoms with E-state index in [2.05, 4.69) is 35.4 Å². The van der Waals surface area contributed by atoms with Crippen molar-refractivity contribution in [3.05, 3.63) is 41.5 Å². The molecule has 2 unspecified atom stereocenters. The summed E-state index contributed by atoms with van der Waals surface area (Å²) in [6.07, 6.45) is 1.48. The predicted octanol–water partition coefficient (Wildman–Crippen LogP) is 2.57. The van der Waals surface area contributed by atoms with Gasteiger partial charge in [-0.3, -0.25) is 0 Å². The summed E-state index contributed by atoms with van der Waals surface area (Å²) in [6, 6.07) is 8.37. The van der Waals surface area contributed by atoms with E-state index in [-0.39, 0.29) is 5.92 Å². The van der Waals surface area contributed by atoms with Crippen molar-refractivity contribution in [2.45, 2.75) is 38.6 Å². The lowest BCUT2D eigenvalue weighted by molar-refractivity contribution is 0.362. The first-order valence-corrected chi connectivity index (χ1v) is 7.25. The van der Waals surface area contributed by atoms with Gasteiger partial charge in [0, 0.05) is 18.9 Å².